The zero-order valence-electron chi connectivity index (χ0n) is 8.20. The molecule has 0 bridgehead atoms. The number of carbonyl (C=O) groups is 1. The summed E-state index contributed by atoms with van der Waals surface area (Å²) in [6, 6.07) is 1.69. The summed E-state index contributed by atoms with van der Waals surface area (Å²) in [5, 5.41) is 0. The van der Waals surface area contributed by atoms with E-state index in [1.165, 1.54) is 13.4 Å². The van der Waals surface area contributed by atoms with Gasteiger partial charge in [-0.1, -0.05) is 0 Å². The van der Waals surface area contributed by atoms with Gasteiger partial charge in [-0.25, -0.2) is 4.79 Å². The van der Waals surface area contributed by atoms with Crippen LogP contribution in [0.4, 0.5) is 0 Å². The summed E-state index contributed by atoms with van der Waals surface area (Å²) >= 11 is 0. The van der Waals surface area contributed by atoms with Gasteiger partial charge in [0.25, 0.3) is 0 Å². The van der Waals surface area contributed by atoms with E-state index >= 15 is 0 Å². The van der Waals surface area contributed by atoms with Crippen LogP contribution < -0.4 is 5.48 Å². The second kappa shape index (κ2) is 5.41. The summed E-state index contributed by atoms with van der Waals surface area (Å²) in [6.07, 6.45) is 1.44. The van der Waals surface area contributed by atoms with E-state index in [0.717, 1.165) is 0 Å². The number of furan rings is 1. The van der Waals surface area contributed by atoms with Crippen LogP contribution in [0, 0.1) is 0 Å². The summed E-state index contributed by atoms with van der Waals surface area (Å²) in [4.78, 5) is 16.1. The van der Waals surface area contributed by atoms with E-state index in [2.05, 4.69) is 10.2 Å². The van der Waals surface area contributed by atoms with Crippen molar-refractivity contribution in [1.82, 2.24) is 5.48 Å². The summed E-state index contributed by atoms with van der Waals surface area (Å²) in [6.45, 7) is 2.84. The third kappa shape index (κ3) is 2.58. The average molecular weight is 199 g/mol. The highest BCUT2D eigenvalue weighted by Gasteiger charge is 2.14. The summed E-state index contributed by atoms with van der Waals surface area (Å²) < 4.78 is 9.52. The molecular weight excluding hydrogens is 186 g/mol. The molecular formula is C9H13NO4. The molecule has 1 aromatic heterocycles. The number of ether oxygens (including phenoxy) is 1. The van der Waals surface area contributed by atoms with Crippen molar-refractivity contribution in [1.29, 1.82) is 0 Å². The van der Waals surface area contributed by atoms with Crippen LogP contribution in [0.2, 0.25) is 0 Å². The predicted octanol–water partition coefficient (Wildman–Crippen LogP) is 1.11. The molecule has 14 heavy (non-hydrogen) atoms. The maximum absolute atomic E-state index is 11.1. The number of hydrogen-bond acceptors (Lipinski definition) is 5. The van der Waals surface area contributed by atoms with Crippen LogP contribution in [-0.2, 0) is 16.1 Å². The van der Waals surface area contributed by atoms with Crippen LogP contribution in [0.1, 0.15) is 23.0 Å². The van der Waals surface area contributed by atoms with Gasteiger partial charge in [0.2, 0.25) is 5.76 Å². The Bertz CT molecular complexity index is 295. The van der Waals surface area contributed by atoms with Crippen molar-refractivity contribution in [3.8, 4) is 0 Å². The van der Waals surface area contributed by atoms with Crippen LogP contribution in [0.5, 0.6) is 0 Å². The number of esters is 1. The van der Waals surface area contributed by atoms with Crippen molar-refractivity contribution in [2.75, 3.05) is 13.7 Å². The van der Waals surface area contributed by atoms with Crippen LogP contribution in [0.15, 0.2) is 16.7 Å². The van der Waals surface area contributed by atoms with Crippen molar-refractivity contribution < 1.29 is 18.8 Å². The van der Waals surface area contributed by atoms with Crippen LogP contribution in [0.25, 0.3) is 0 Å². The van der Waals surface area contributed by atoms with Gasteiger partial charge in [0.15, 0.2) is 0 Å². The van der Waals surface area contributed by atoms with Gasteiger partial charge in [-0.3, -0.25) is 0 Å². The number of hydrogen-bond donors (Lipinski definition) is 1. The maximum Gasteiger partial charge on any atom is 0.374 e. The molecule has 0 aliphatic rings. The molecule has 0 atom stereocenters. The third-order valence-electron chi connectivity index (χ3n) is 1.63. The predicted molar refractivity (Wildman–Crippen MR) is 48.5 cm³/mol. The van der Waals surface area contributed by atoms with Gasteiger partial charge in [-0.2, -0.15) is 5.48 Å². The molecule has 1 heterocycles. The fraction of sp³-hybridized carbons (Fsp3) is 0.444. The molecule has 0 saturated carbocycles. The molecule has 0 spiro atoms. The van der Waals surface area contributed by atoms with Crippen molar-refractivity contribution in [2.24, 2.45) is 0 Å². The van der Waals surface area contributed by atoms with Gasteiger partial charge in [0.1, 0.15) is 0 Å². The first-order valence-electron chi connectivity index (χ1n) is 4.29. The Morgan fingerprint density at radius 1 is 1.64 bits per heavy atom. The molecule has 0 aliphatic carbocycles. The molecule has 0 unspecified atom stereocenters. The molecule has 1 aromatic rings. The topological polar surface area (TPSA) is 60.7 Å². The molecule has 0 fully saturated rings. The van der Waals surface area contributed by atoms with E-state index in [9.17, 15) is 4.79 Å². The first-order chi connectivity index (χ1) is 6.79. The number of carbonyl (C=O) groups excluding carboxylic acids is 1. The molecule has 0 amide bonds. The van der Waals surface area contributed by atoms with Gasteiger partial charge in [-0.05, 0) is 13.0 Å². The molecule has 0 aromatic carbocycles. The quantitative estimate of drug-likeness (QED) is 0.437. The van der Waals surface area contributed by atoms with E-state index in [4.69, 9.17) is 9.25 Å². The van der Waals surface area contributed by atoms with Gasteiger partial charge in [-0.15, -0.1) is 0 Å². The van der Waals surface area contributed by atoms with E-state index in [0.29, 0.717) is 18.7 Å². The van der Waals surface area contributed by atoms with Crippen molar-refractivity contribution in [2.45, 2.75) is 13.5 Å². The molecule has 0 radical (unpaired) electrons. The summed E-state index contributed by atoms with van der Waals surface area (Å²) in [7, 11) is 1.31. The first kappa shape index (κ1) is 10.7. The smallest absolute Gasteiger partial charge is 0.374 e. The van der Waals surface area contributed by atoms with Gasteiger partial charge < -0.3 is 14.0 Å². The Morgan fingerprint density at radius 3 is 3.07 bits per heavy atom. The lowest BCUT2D eigenvalue weighted by atomic mass is 10.2. The number of rotatable bonds is 5. The van der Waals surface area contributed by atoms with E-state index in [1.807, 2.05) is 6.92 Å². The highest BCUT2D eigenvalue weighted by Crippen LogP contribution is 2.11. The van der Waals surface area contributed by atoms with Crippen molar-refractivity contribution in [3.63, 3.8) is 0 Å². The largest absolute Gasteiger partial charge is 0.463 e. The Hall–Kier alpha value is -1.33. The van der Waals surface area contributed by atoms with E-state index in [1.54, 1.807) is 6.07 Å². The molecule has 0 saturated heterocycles. The van der Waals surface area contributed by atoms with E-state index < -0.39 is 5.97 Å². The van der Waals surface area contributed by atoms with Crippen LogP contribution in [-0.4, -0.2) is 19.7 Å². The number of nitrogens with one attached hydrogen (secondary N) is 1. The second-order valence-corrected chi connectivity index (χ2v) is 2.52. The lowest BCUT2D eigenvalue weighted by Gasteiger charge is -2.02. The summed E-state index contributed by atoms with van der Waals surface area (Å²) in [5.41, 5.74) is 3.40. The van der Waals surface area contributed by atoms with Gasteiger partial charge >= 0.3 is 5.97 Å². The van der Waals surface area contributed by atoms with Crippen LogP contribution >= 0.6 is 0 Å². The minimum Gasteiger partial charge on any atom is -0.463 e. The Kier molecular flexibility index (Phi) is 4.15. The zero-order chi connectivity index (χ0) is 10.4. The summed E-state index contributed by atoms with van der Waals surface area (Å²) in [5.74, 6) is -0.275. The normalized spacial score (nSPS) is 10.1. The SMILES string of the molecule is CCONCc1ccoc1C(=O)OC. The maximum atomic E-state index is 11.1. The Labute approximate surface area is 81.9 Å². The van der Waals surface area contributed by atoms with Crippen molar-refractivity contribution >= 4 is 5.97 Å². The lowest BCUT2D eigenvalue weighted by Crippen LogP contribution is -2.15. The third-order valence-corrected chi connectivity index (χ3v) is 1.63. The number of methoxy groups -OCH3 is 1. The highest BCUT2D eigenvalue weighted by molar-refractivity contribution is 5.87. The van der Waals surface area contributed by atoms with E-state index in [-0.39, 0.29) is 5.76 Å². The zero-order valence-corrected chi connectivity index (χ0v) is 8.20. The molecule has 78 valence electrons. The molecule has 5 heteroatoms. The highest BCUT2D eigenvalue weighted by atomic mass is 16.6. The average Bonchev–Trinajstić information content (AvgIpc) is 2.65. The fourth-order valence-electron chi connectivity index (χ4n) is 0.978. The minimum absolute atomic E-state index is 0.208. The Morgan fingerprint density at radius 2 is 2.43 bits per heavy atom. The molecule has 5 nitrogen and oxygen atoms in total. The Balaban J connectivity index is 2.58. The van der Waals surface area contributed by atoms with Gasteiger partial charge in [0, 0.05) is 5.56 Å². The van der Waals surface area contributed by atoms with Crippen molar-refractivity contribution in [3.05, 3.63) is 23.7 Å². The fourth-order valence-corrected chi connectivity index (χ4v) is 0.978. The lowest BCUT2D eigenvalue weighted by molar-refractivity contribution is 0.0447. The molecule has 1 N–H and O–H groups in total. The molecule has 1 rings (SSSR count). The number of hydroxylamine groups is 1. The molecule has 0 aliphatic heterocycles. The van der Waals surface area contributed by atoms with Crippen LogP contribution in [0.3, 0.4) is 0 Å². The standard InChI is InChI=1S/C9H13NO4/c1-3-14-10-6-7-4-5-13-8(7)9(11)12-2/h4-5,10H,3,6H2,1-2H3. The van der Waals surface area contributed by atoms with Gasteiger partial charge in [0.05, 0.1) is 26.5 Å². The minimum atomic E-state index is -0.483. The second-order valence-electron chi connectivity index (χ2n) is 2.52. The monoisotopic (exact) mass is 199 g/mol. The first-order valence-corrected chi connectivity index (χ1v) is 4.29.